The summed E-state index contributed by atoms with van der Waals surface area (Å²) in [6.45, 7) is 16.2. The van der Waals surface area contributed by atoms with Crippen molar-refractivity contribution >= 4 is 6.21 Å². The van der Waals surface area contributed by atoms with Crippen LogP contribution in [0, 0.1) is 6.92 Å². The standard InChI is InChI=1S/C17H36N2.C3H5.C2H4/c1-2-3-4-5-6-7-8-9-10-11-12-13-14-16-19-17-15-18;1-3-2;1-2/h16H,2-15,17-18H2,1H3;3H,1-2H2;1-2H2. The van der Waals surface area contributed by atoms with E-state index in [9.17, 15) is 0 Å². The van der Waals surface area contributed by atoms with Crippen LogP contribution in [0.3, 0.4) is 0 Å². The number of aliphatic imine (C=N–C) groups is 1. The number of hydrogen-bond acceptors (Lipinski definition) is 2. The first-order chi connectivity index (χ1) is 11.8. The highest BCUT2D eigenvalue weighted by atomic mass is 14.7. The Labute approximate surface area is 153 Å². The van der Waals surface area contributed by atoms with Crippen LogP contribution in [-0.2, 0) is 0 Å². The Hall–Kier alpha value is -0.890. The predicted octanol–water partition coefficient (Wildman–Crippen LogP) is 6.92. The smallest absolute Gasteiger partial charge is 0.0508 e. The molecule has 0 rings (SSSR count). The van der Waals surface area contributed by atoms with Crippen LogP contribution < -0.4 is 5.73 Å². The summed E-state index contributed by atoms with van der Waals surface area (Å²) < 4.78 is 0. The van der Waals surface area contributed by atoms with Crippen LogP contribution in [0.4, 0.5) is 0 Å². The highest BCUT2D eigenvalue weighted by Gasteiger charge is 1.92. The van der Waals surface area contributed by atoms with Gasteiger partial charge in [-0.15, -0.1) is 19.7 Å². The average molecular weight is 338 g/mol. The Morgan fingerprint density at radius 3 is 1.54 bits per heavy atom. The Bertz CT molecular complexity index is 224. The molecule has 0 aromatic rings. The molecule has 0 saturated carbocycles. The van der Waals surface area contributed by atoms with Gasteiger partial charge in [-0.2, -0.15) is 0 Å². The first-order valence-corrected chi connectivity index (χ1v) is 9.91. The highest BCUT2D eigenvalue weighted by molar-refractivity contribution is 5.56. The first kappa shape index (κ1) is 27.9. The summed E-state index contributed by atoms with van der Waals surface area (Å²) in [6.07, 6.45) is 21.7. The monoisotopic (exact) mass is 337 g/mol. The molecule has 2 N–H and O–H groups in total. The largest absolute Gasteiger partial charge is 0.329 e. The minimum atomic E-state index is 0.676. The fourth-order valence-electron chi connectivity index (χ4n) is 2.33. The van der Waals surface area contributed by atoms with Crippen molar-refractivity contribution in [2.24, 2.45) is 10.7 Å². The van der Waals surface area contributed by atoms with Gasteiger partial charge in [0.05, 0.1) is 6.54 Å². The van der Waals surface area contributed by atoms with Gasteiger partial charge in [0, 0.05) is 6.54 Å². The molecule has 0 fully saturated rings. The molecule has 0 heterocycles. The van der Waals surface area contributed by atoms with Gasteiger partial charge < -0.3 is 5.73 Å². The maximum atomic E-state index is 5.37. The van der Waals surface area contributed by atoms with Crippen molar-refractivity contribution in [3.05, 3.63) is 32.7 Å². The van der Waals surface area contributed by atoms with Gasteiger partial charge in [0.15, 0.2) is 0 Å². The van der Waals surface area contributed by atoms with E-state index >= 15 is 0 Å². The van der Waals surface area contributed by atoms with Crippen LogP contribution in [0.25, 0.3) is 0 Å². The van der Waals surface area contributed by atoms with E-state index in [0.717, 1.165) is 13.0 Å². The normalized spacial score (nSPS) is 9.79. The van der Waals surface area contributed by atoms with E-state index in [1.165, 1.54) is 83.1 Å². The molecule has 0 atom stereocenters. The second kappa shape index (κ2) is 33.7. The lowest BCUT2D eigenvalue weighted by Gasteiger charge is -2.02. The molecule has 0 aromatic heterocycles. The van der Waals surface area contributed by atoms with Crippen LogP contribution >= 0.6 is 0 Å². The lowest BCUT2D eigenvalue weighted by Crippen LogP contribution is -2.02. The lowest BCUT2D eigenvalue weighted by molar-refractivity contribution is 0.546. The molecule has 0 spiro atoms. The second-order valence-corrected chi connectivity index (χ2v) is 5.84. The SMILES string of the molecule is C=C.CCCCCCCCCCCCCCC=NCCN.[CH2]C=C. The van der Waals surface area contributed by atoms with Crippen LogP contribution in [0.1, 0.15) is 90.4 Å². The zero-order valence-corrected chi connectivity index (χ0v) is 16.6. The van der Waals surface area contributed by atoms with Gasteiger partial charge in [0.25, 0.3) is 0 Å². The fourth-order valence-corrected chi connectivity index (χ4v) is 2.33. The molecule has 0 aliphatic rings. The number of allylic oxidation sites excluding steroid dienone is 1. The first-order valence-electron chi connectivity index (χ1n) is 9.91. The zero-order valence-electron chi connectivity index (χ0n) is 16.6. The minimum absolute atomic E-state index is 0.676. The maximum Gasteiger partial charge on any atom is 0.0508 e. The van der Waals surface area contributed by atoms with Crippen molar-refractivity contribution in [1.82, 2.24) is 0 Å². The number of unbranched alkanes of at least 4 members (excludes halogenated alkanes) is 12. The summed E-state index contributed by atoms with van der Waals surface area (Å²) in [4.78, 5) is 4.23. The molecule has 2 heteroatoms. The van der Waals surface area contributed by atoms with Crippen molar-refractivity contribution in [3.63, 3.8) is 0 Å². The molecule has 0 aliphatic carbocycles. The predicted molar refractivity (Wildman–Crippen MR) is 115 cm³/mol. The van der Waals surface area contributed by atoms with E-state index in [0.29, 0.717) is 6.54 Å². The summed E-state index contributed by atoms with van der Waals surface area (Å²) in [5.74, 6) is 0. The quantitative estimate of drug-likeness (QED) is 0.197. The van der Waals surface area contributed by atoms with Gasteiger partial charge in [0.1, 0.15) is 0 Å². The van der Waals surface area contributed by atoms with Crippen molar-refractivity contribution in [2.45, 2.75) is 90.4 Å². The van der Waals surface area contributed by atoms with Crippen molar-refractivity contribution in [3.8, 4) is 0 Å². The molecule has 24 heavy (non-hydrogen) atoms. The summed E-state index contributed by atoms with van der Waals surface area (Å²) in [7, 11) is 0. The molecule has 2 nitrogen and oxygen atoms in total. The molecular weight excluding hydrogens is 292 g/mol. The topological polar surface area (TPSA) is 38.4 Å². The third-order valence-corrected chi connectivity index (χ3v) is 3.57. The van der Waals surface area contributed by atoms with Gasteiger partial charge in [0.2, 0.25) is 0 Å². The summed E-state index contributed by atoms with van der Waals surface area (Å²) >= 11 is 0. The van der Waals surface area contributed by atoms with E-state index < -0.39 is 0 Å². The van der Waals surface area contributed by atoms with Gasteiger partial charge in [-0.05, 0) is 26.0 Å². The van der Waals surface area contributed by atoms with E-state index in [2.05, 4.69) is 38.6 Å². The van der Waals surface area contributed by atoms with E-state index in [1.807, 2.05) is 6.21 Å². The Balaban J connectivity index is -0.000000786. The molecule has 0 amide bonds. The van der Waals surface area contributed by atoms with Crippen LogP contribution in [-0.4, -0.2) is 19.3 Å². The molecule has 0 saturated heterocycles. The number of nitrogens with zero attached hydrogens (tertiary/aromatic N) is 1. The van der Waals surface area contributed by atoms with E-state index in [-0.39, 0.29) is 0 Å². The molecule has 0 aliphatic heterocycles. The molecule has 0 unspecified atom stereocenters. The van der Waals surface area contributed by atoms with Gasteiger partial charge >= 0.3 is 0 Å². The van der Waals surface area contributed by atoms with Crippen LogP contribution in [0.2, 0.25) is 0 Å². The van der Waals surface area contributed by atoms with Crippen molar-refractivity contribution in [2.75, 3.05) is 13.1 Å². The Kier molecular flexibility index (Phi) is 39.2. The minimum Gasteiger partial charge on any atom is -0.329 e. The third-order valence-electron chi connectivity index (χ3n) is 3.57. The average Bonchev–Trinajstić information content (AvgIpc) is 2.61. The number of rotatable bonds is 15. The van der Waals surface area contributed by atoms with Crippen molar-refractivity contribution in [1.29, 1.82) is 0 Å². The van der Waals surface area contributed by atoms with Crippen LogP contribution in [0.15, 0.2) is 30.8 Å². The van der Waals surface area contributed by atoms with Gasteiger partial charge in [-0.25, -0.2) is 0 Å². The van der Waals surface area contributed by atoms with Gasteiger partial charge in [-0.1, -0.05) is 83.6 Å². The summed E-state index contributed by atoms with van der Waals surface area (Å²) in [6, 6.07) is 0. The van der Waals surface area contributed by atoms with Crippen molar-refractivity contribution < 1.29 is 0 Å². The van der Waals surface area contributed by atoms with E-state index in [1.54, 1.807) is 0 Å². The fraction of sp³-hybridized carbons (Fsp3) is 0.727. The maximum absolute atomic E-state index is 5.37. The molecule has 0 bridgehead atoms. The van der Waals surface area contributed by atoms with Gasteiger partial charge in [-0.3, -0.25) is 4.99 Å². The Morgan fingerprint density at radius 1 is 0.792 bits per heavy atom. The molecular formula is C22H45N2. The molecule has 1 radical (unpaired) electrons. The summed E-state index contributed by atoms with van der Waals surface area (Å²) in [5.41, 5.74) is 5.37. The number of nitrogens with two attached hydrogens (primary N) is 1. The van der Waals surface area contributed by atoms with Crippen LogP contribution in [0.5, 0.6) is 0 Å². The third kappa shape index (κ3) is 37.4. The Morgan fingerprint density at radius 2 is 1.17 bits per heavy atom. The van der Waals surface area contributed by atoms with E-state index in [4.69, 9.17) is 5.73 Å². The lowest BCUT2D eigenvalue weighted by atomic mass is 10.0. The molecule has 143 valence electrons. The second-order valence-electron chi connectivity index (χ2n) is 5.84. The zero-order chi connectivity index (χ0) is 18.7. The number of hydrogen-bond donors (Lipinski definition) is 1. The summed E-state index contributed by atoms with van der Waals surface area (Å²) in [5, 5.41) is 0. The molecule has 0 aromatic carbocycles. The highest BCUT2D eigenvalue weighted by Crippen LogP contribution is 2.12.